The smallest absolute Gasteiger partial charge is 0.485 e. The normalized spacial score (nSPS) is 10.8. The maximum atomic E-state index is 15.0. The second-order valence-electron chi connectivity index (χ2n) is 11.5. The third kappa shape index (κ3) is 10.00. The third-order valence-electron chi connectivity index (χ3n) is 7.65. The minimum atomic E-state index is -4.83. The van der Waals surface area contributed by atoms with Gasteiger partial charge in [-0.1, -0.05) is 91.0 Å². The van der Waals surface area contributed by atoms with E-state index in [0.717, 1.165) is 16.7 Å². The van der Waals surface area contributed by atoms with Gasteiger partial charge in [0.15, 0.2) is 34.5 Å². The van der Waals surface area contributed by atoms with Crippen molar-refractivity contribution in [3.05, 3.63) is 179 Å². The summed E-state index contributed by atoms with van der Waals surface area (Å²) in [6.07, 6.45) is 1.92. The first-order valence-corrected chi connectivity index (χ1v) is 17.9. The Bertz CT molecular complexity index is 1960. The van der Waals surface area contributed by atoms with Crippen molar-refractivity contribution in [2.24, 2.45) is 0 Å². The SMILES string of the molecule is O=Cc1ccc(OP(=O)(Oc2ccc(C=O)cc2OCc2ccccc2)Oc2ccc(C=O)cc2OCc2ccccc2)c(OCc2ccccc2)c1. The van der Waals surface area contributed by atoms with E-state index in [9.17, 15) is 14.4 Å². The number of hydrogen-bond acceptors (Lipinski definition) is 10. The maximum absolute atomic E-state index is 15.0. The number of carbonyl (C=O) groups is 3. The highest BCUT2D eigenvalue weighted by molar-refractivity contribution is 7.49. The van der Waals surface area contributed by atoms with Gasteiger partial charge < -0.3 is 27.8 Å². The highest BCUT2D eigenvalue weighted by Crippen LogP contribution is 2.55. The molecule has 53 heavy (non-hydrogen) atoms. The molecule has 0 fully saturated rings. The number of phosphoric acid groups is 1. The molecule has 0 radical (unpaired) electrons. The Morgan fingerprint density at radius 3 is 0.925 bits per heavy atom. The van der Waals surface area contributed by atoms with Gasteiger partial charge in [-0.05, 0) is 71.3 Å². The molecule has 6 rings (SSSR count). The molecular weight excluding hydrogens is 695 g/mol. The van der Waals surface area contributed by atoms with Gasteiger partial charge in [-0.2, -0.15) is 4.57 Å². The molecule has 0 spiro atoms. The molecule has 6 aromatic rings. The molecule has 0 bridgehead atoms. The molecular formula is C42H33O10P. The summed E-state index contributed by atoms with van der Waals surface area (Å²) in [4.78, 5) is 35.2. The van der Waals surface area contributed by atoms with Gasteiger partial charge in [-0.3, -0.25) is 14.4 Å². The highest BCUT2D eigenvalue weighted by Gasteiger charge is 2.37. The van der Waals surface area contributed by atoms with Crippen LogP contribution in [0.3, 0.4) is 0 Å². The van der Waals surface area contributed by atoms with Crippen LogP contribution in [0.4, 0.5) is 0 Å². The second-order valence-corrected chi connectivity index (χ2v) is 13.0. The Hall–Kier alpha value is -6.64. The van der Waals surface area contributed by atoms with Crippen LogP contribution in [0.2, 0.25) is 0 Å². The Morgan fingerprint density at radius 2 is 0.660 bits per heavy atom. The van der Waals surface area contributed by atoms with Crippen molar-refractivity contribution in [1.82, 2.24) is 0 Å². The van der Waals surface area contributed by atoms with E-state index >= 15 is 4.57 Å². The lowest BCUT2D eigenvalue weighted by atomic mass is 10.2. The average Bonchev–Trinajstić information content (AvgIpc) is 3.20. The Kier molecular flexibility index (Phi) is 12.0. The van der Waals surface area contributed by atoms with Crippen LogP contribution in [0, 0.1) is 0 Å². The minimum absolute atomic E-state index is 0.0672. The number of aldehydes is 3. The van der Waals surface area contributed by atoms with E-state index in [1.807, 2.05) is 91.0 Å². The molecule has 0 N–H and O–H groups in total. The standard InChI is InChI=1S/C42H33O10P/c43-25-34-16-19-37(40(22-34)47-28-31-10-4-1-5-11-31)50-53(46,51-38-20-17-35(26-44)23-41(38)48-29-32-12-6-2-7-13-32)52-39-21-18-36(27-45)24-42(39)49-30-33-14-8-3-9-15-33/h1-27H,28-30H2. The summed E-state index contributed by atoms with van der Waals surface area (Å²) in [5.74, 6) is 0.0472. The number of hydrogen-bond donors (Lipinski definition) is 0. The van der Waals surface area contributed by atoms with Crippen LogP contribution in [0.15, 0.2) is 146 Å². The van der Waals surface area contributed by atoms with Crippen molar-refractivity contribution >= 4 is 26.7 Å². The second kappa shape index (κ2) is 17.5. The summed E-state index contributed by atoms with van der Waals surface area (Å²) < 4.78 is 51.5. The molecule has 0 atom stereocenters. The Morgan fingerprint density at radius 1 is 0.377 bits per heavy atom. The molecule has 0 saturated heterocycles. The van der Waals surface area contributed by atoms with Crippen molar-refractivity contribution in [2.75, 3.05) is 0 Å². The molecule has 0 saturated carbocycles. The first kappa shape index (κ1) is 36.2. The highest BCUT2D eigenvalue weighted by atomic mass is 31.2. The molecule has 11 heteroatoms. The van der Waals surface area contributed by atoms with Crippen LogP contribution in [0.5, 0.6) is 34.5 Å². The van der Waals surface area contributed by atoms with Crippen molar-refractivity contribution in [3.63, 3.8) is 0 Å². The van der Waals surface area contributed by atoms with Gasteiger partial charge >= 0.3 is 7.82 Å². The number of rotatable bonds is 18. The van der Waals surface area contributed by atoms with E-state index in [-0.39, 0.29) is 71.0 Å². The fraction of sp³-hybridized carbons (Fsp3) is 0.0714. The van der Waals surface area contributed by atoms with E-state index in [0.29, 0.717) is 18.9 Å². The summed E-state index contributed by atoms with van der Waals surface area (Å²) in [5.41, 5.74) is 3.32. The molecule has 0 aromatic heterocycles. The summed E-state index contributed by atoms with van der Waals surface area (Å²) in [6.45, 7) is 0.294. The molecule has 6 aromatic carbocycles. The molecule has 0 aliphatic heterocycles. The van der Waals surface area contributed by atoms with E-state index in [4.69, 9.17) is 27.8 Å². The van der Waals surface area contributed by atoms with Crippen LogP contribution in [0.1, 0.15) is 47.8 Å². The van der Waals surface area contributed by atoms with E-state index in [1.165, 1.54) is 54.6 Å². The Balaban J connectivity index is 1.38. The van der Waals surface area contributed by atoms with Gasteiger partial charge in [0.05, 0.1) is 0 Å². The fourth-order valence-corrected chi connectivity index (χ4v) is 6.27. The van der Waals surface area contributed by atoms with Crippen LogP contribution in [-0.4, -0.2) is 18.9 Å². The van der Waals surface area contributed by atoms with Gasteiger partial charge in [0.2, 0.25) is 0 Å². The number of benzene rings is 6. The van der Waals surface area contributed by atoms with Gasteiger partial charge in [-0.25, -0.2) is 0 Å². The monoisotopic (exact) mass is 728 g/mol. The van der Waals surface area contributed by atoms with Crippen molar-refractivity contribution in [1.29, 1.82) is 0 Å². The topological polar surface area (TPSA) is 124 Å². The lowest BCUT2D eigenvalue weighted by molar-refractivity contribution is 0.111. The van der Waals surface area contributed by atoms with Crippen LogP contribution >= 0.6 is 7.82 Å². The molecule has 0 heterocycles. The number of ether oxygens (including phenoxy) is 3. The van der Waals surface area contributed by atoms with Crippen LogP contribution in [0.25, 0.3) is 0 Å². The fourth-order valence-electron chi connectivity index (χ4n) is 4.98. The Labute approximate surface area is 306 Å². The van der Waals surface area contributed by atoms with Gasteiger partial charge in [0.25, 0.3) is 0 Å². The lowest BCUT2D eigenvalue weighted by Crippen LogP contribution is -2.11. The average molecular weight is 729 g/mol. The molecule has 0 aliphatic rings. The summed E-state index contributed by atoms with van der Waals surface area (Å²) >= 11 is 0. The maximum Gasteiger partial charge on any atom is 0.647 e. The summed E-state index contributed by atoms with van der Waals surface area (Å²) in [7, 11) is -4.83. The van der Waals surface area contributed by atoms with E-state index in [2.05, 4.69) is 0 Å². The predicted molar refractivity (Wildman–Crippen MR) is 197 cm³/mol. The van der Waals surface area contributed by atoms with Crippen LogP contribution < -0.4 is 27.8 Å². The molecule has 0 aliphatic carbocycles. The van der Waals surface area contributed by atoms with Gasteiger partial charge in [-0.15, -0.1) is 0 Å². The zero-order valence-electron chi connectivity index (χ0n) is 28.2. The summed E-state index contributed by atoms with van der Waals surface area (Å²) in [6, 6.07) is 40.9. The van der Waals surface area contributed by atoms with Gasteiger partial charge in [0, 0.05) is 16.7 Å². The number of carbonyl (C=O) groups excluding carboxylic acids is 3. The zero-order valence-corrected chi connectivity index (χ0v) is 29.1. The minimum Gasteiger partial charge on any atom is -0.485 e. The third-order valence-corrected chi connectivity index (χ3v) is 8.91. The molecule has 0 unspecified atom stereocenters. The van der Waals surface area contributed by atoms with E-state index in [1.54, 1.807) is 0 Å². The molecule has 266 valence electrons. The molecule has 0 amide bonds. The quantitative estimate of drug-likeness (QED) is 0.0624. The van der Waals surface area contributed by atoms with Crippen molar-refractivity contribution in [2.45, 2.75) is 19.8 Å². The predicted octanol–water partition coefficient (Wildman–Crippen LogP) is 9.51. The van der Waals surface area contributed by atoms with Crippen LogP contribution in [-0.2, 0) is 24.4 Å². The largest absolute Gasteiger partial charge is 0.647 e. The molecule has 10 nitrogen and oxygen atoms in total. The van der Waals surface area contributed by atoms with E-state index < -0.39 is 7.82 Å². The first-order chi connectivity index (χ1) is 25.9. The first-order valence-electron chi connectivity index (χ1n) is 16.4. The van der Waals surface area contributed by atoms with Crippen molar-refractivity contribution < 1.29 is 46.7 Å². The van der Waals surface area contributed by atoms with Gasteiger partial charge in [0.1, 0.15) is 38.7 Å². The lowest BCUT2D eigenvalue weighted by Gasteiger charge is -2.23. The zero-order chi connectivity index (χ0) is 36.9. The van der Waals surface area contributed by atoms with Crippen molar-refractivity contribution in [3.8, 4) is 34.5 Å². The number of phosphoric ester groups is 1. The summed E-state index contributed by atoms with van der Waals surface area (Å²) in [5, 5.41) is 0.